The van der Waals surface area contributed by atoms with E-state index in [1.807, 2.05) is 61.3 Å². The van der Waals surface area contributed by atoms with Crippen LogP contribution in [0.15, 0.2) is 42.5 Å². The van der Waals surface area contributed by atoms with Gasteiger partial charge in [-0.25, -0.2) is 15.0 Å². The lowest BCUT2D eigenvalue weighted by Crippen LogP contribution is -2.11. The molecule has 0 aliphatic carbocycles. The fourth-order valence-electron chi connectivity index (χ4n) is 2.14. The molecule has 0 amide bonds. The van der Waals surface area contributed by atoms with Crippen molar-refractivity contribution in [2.24, 2.45) is 0 Å². The summed E-state index contributed by atoms with van der Waals surface area (Å²) in [7, 11) is 1.98. The Morgan fingerprint density at radius 3 is 2.45 bits per heavy atom. The second-order valence-electron chi connectivity index (χ2n) is 4.60. The van der Waals surface area contributed by atoms with E-state index in [9.17, 15) is 0 Å². The molecule has 5 nitrogen and oxygen atoms in total. The van der Waals surface area contributed by atoms with E-state index in [1.165, 1.54) is 0 Å². The summed E-state index contributed by atoms with van der Waals surface area (Å²) in [4.78, 5) is 15.0. The number of para-hydroxylation sites is 1. The Hall–Kier alpha value is -2.69. The molecular weight excluding hydrogens is 250 g/mol. The van der Waals surface area contributed by atoms with Crippen LogP contribution in [-0.4, -0.2) is 22.0 Å². The molecule has 100 valence electrons. The first-order valence-corrected chi connectivity index (χ1v) is 6.35. The molecule has 0 aliphatic heterocycles. The van der Waals surface area contributed by atoms with Gasteiger partial charge in [0.15, 0.2) is 0 Å². The number of pyridine rings is 1. The van der Waals surface area contributed by atoms with Gasteiger partial charge in [0, 0.05) is 12.7 Å². The van der Waals surface area contributed by atoms with Crippen LogP contribution in [0.3, 0.4) is 0 Å². The van der Waals surface area contributed by atoms with Crippen LogP contribution >= 0.6 is 0 Å². The monoisotopic (exact) mass is 265 g/mol. The van der Waals surface area contributed by atoms with Crippen molar-refractivity contribution in [3.05, 3.63) is 48.2 Å². The molecule has 0 spiro atoms. The third-order valence-corrected chi connectivity index (χ3v) is 3.21. The summed E-state index contributed by atoms with van der Waals surface area (Å²) < 4.78 is 0. The van der Waals surface area contributed by atoms with E-state index < -0.39 is 0 Å². The number of anilines is 3. The minimum atomic E-state index is 0.279. The number of hydrogen-bond donors (Lipinski definition) is 1. The average molecular weight is 265 g/mol. The van der Waals surface area contributed by atoms with E-state index in [1.54, 1.807) is 0 Å². The molecule has 0 unspecified atom stereocenters. The van der Waals surface area contributed by atoms with Crippen LogP contribution in [0.5, 0.6) is 0 Å². The molecule has 20 heavy (non-hydrogen) atoms. The van der Waals surface area contributed by atoms with E-state index >= 15 is 0 Å². The van der Waals surface area contributed by atoms with Gasteiger partial charge < -0.3 is 10.6 Å². The topological polar surface area (TPSA) is 67.9 Å². The van der Waals surface area contributed by atoms with Crippen LogP contribution < -0.4 is 10.6 Å². The van der Waals surface area contributed by atoms with Gasteiger partial charge in [-0.15, -0.1) is 0 Å². The summed E-state index contributed by atoms with van der Waals surface area (Å²) in [6, 6.07) is 13.9. The molecule has 1 aromatic carbocycles. The first-order chi connectivity index (χ1) is 9.65. The molecule has 2 heterocycles. The van der Waals surface area contributed by atoms with Gasteiger partial charge in [0.1, 0.15) is 11.3 Å². The molecule has 3 rings (SSSR count). The highest BCUT2D eigenvalue weighted by Gasteiger charge is 2.09. The second kappa shape index (κ2) is 4.77. The quantitative estimate of drug-likeness (QED) is 0.771. The van der Waals surface area contributed by atoms with Gasteiger partial charge in [0.25, 0.3) is 0 Å². The fourth-order valence-corrected chi connectivity index (χ4v) is 2.14. The number of rotatable bonds is 2. The third-order valence-electron chi connectivity index (χ3n) is 3.21. The van der Waals surface area contributed by atoms with E-state index in [4.69, 9.17) is 5.73 Å². The van der Waals surface area contributed by atoms with E-state index in [-0.39, 0.29) is 5.95 Å². The van der Waals surface area contributed by atoms with Gasteiger partial charge in [0.05, 0.1) is 11.2 Å². The Balaban J connectivity index is 2.09. The maximum Gasteiger partial charge on any atom is 0.220 e. The molecule has 0 fully saturated rings. The molecule has 0 saturated carbocycles. The SMILES string of the molecule is Cc1nc(N)nc2ccc(N(C)c3ccccc3)nc12. The number of nitrogen functional groups attached to an aromatic ring is 1. The van der Waals surface area contributed by atoms with Crippen LogP contribution in [0.1, 0.15) is 5.69 Å². The number of fused-ring (bicyclic) bond motifs is 1. The van der Waals surface area contributed by atoms with Gasteiger partial charge >= 0.3 is 0 Å². The zero-order chi connectivity index (χ0) is 14.1. The molecule has 5 heteroatoms. The van der Waals surface area contributed by atoms with Gasteiger partial charge in [-0.1, -0.05) is 18.2 Å². The first kappa shape index (κ1) is 12.3. The highest BCUT2D eigenvalue weighted by molar-refractivity contribution is 5.80. The van der Waals surface area contributed by atoms with E-state index in [0.717, 1.165) is 28.2 Å². The number of aryl methyl sites for hydroxylation is 1. The number of hydrogen-bond acceptors (Lipinski definition) is 5. The maximum atomic E-state index is 5.65. The van der Waals surface area contributed by atoms with Gasteiger partial charge in [-0.3, -0.25) is 0 Å². The smallest absolute Gasteiger partial charge is 0.220 e. The van der Waals surface area contributed by atoms with Gasteiger partial charge in [-0.2, -0.15) is 0 Å². The zero-order valence-corrected chi connectivity index (χ0v) is 11.4. The number of benzene rings is 1. The molecule has 3 aromatic rings. The molecule has 0 radical (unpaired) electrons. The summed E-state index contributed by atoms with van der Waals surface area (Å²) in [6.45, 7) is 1.89. The summed E-state index contributed by atoms with van der Waals surface area (Å²) in [6.07, 6.45) is 0. The fraction of sp³-hybridized carbons (Fsp3) is 0.133. The molecule has 2 N–H and O–H groups in total. The standard InChI is InChI=1S/C15H15N5/c1-10-14-12(18-15(16)17-10)8-9-13(19-14)20(2)11-6-4-3-5-7-11/h3-9H,1-2H3,(H2,16,17,18). The lowest BCUT2D eigenvalue weighted by molar-refractivity contribution is 1.11. The largest absolute Gasteiger partial charge is 0.368 e. The van der Waals surface area contributed by atoms with Crippen LogP contribution in [-0.2, 0) is 0 Å². The minimum absolute atomic E-state index is 0.279. The second-order valence-corrected chi connectivity index (χ2v) is 4.60. The molecule has 2 aromatic heterocycles. The summed E-state index contributed by atoms with van der Waals surface area (Å²) in [5.41, 5.74) is 9.06. The Morgan fingerprint density at radius 1 is 0.950 bits per heavy atom. The van der Waals surface area contributed by atoms with Crippen molar-refractivity contribution in [2.45, 2.75) is 6.92 Å². The minimum Gasteiger partial charge on any atom is -0.368 e. The van der Waals surface area contributed by atoms with Crippen LogP contribution in [0, 0.1) is 6.92 Å². The Kier molecular flexibility index (Phi) is 2.95. The summed E-state index contributed by atoms with van der Waals surface area (Å²) >= 11 is 0. The molecule has 0 saturated heterocycles. The van der Waals surface area contributed by atoms with Crippen molar-refractivity contribution in [2.75, 3.05) is 17.7 Å². The Bertz CT molecular complexity index is 755. The summed E-state index contributed by atoms with van der Waals surface area (Å²) in [5, 5.41) is 0. The van der Waals surface area contributed by atoms with Crippen molar-refractivity contribution < 1.29 is 0 Å². The van der Waals surface area contributed by atoms with Crippen molar-refractivity contribution >= 4 is 28.5 Å². The maximum absolute atomic E-state index is 5.65. The average Bonchev–Trinajstić information content (AvgIpc) is 2.47. The first-order valence-electron chi connectivity index (χ1n) is 6.35. The van der Waals surface area contributed by atoms with E-state index in [2.05, 4.69) is 15.0 Å². The molecule has 0 bridgehead atoms. The van der Waals surface area contributed by atoms with Gasteiger partial charge in [-0.05, 0) is 31.2 Å². The highest BCUT2D eigenvalue weighted by atomic mass is 15.2. The Labute approximate surface area is 117 Å². The highest BCUT2D eigenvalue weighted by Crippen LogP contribution is 2.24. The zero-order valence-electron chi connectivity index (χ0n) is 11.4. The van der Waals surface area contributed by atoms with Crippen molar-refractivity contribution in [1.82, 2.24) is 15.0 Å². The number of aromatic nitrogens is 3. The van der Waals surface area contributed by atoms with Crippen LogP contribution in [0.2, 0.25) is 0 Å². The number of nitrogens with zero attached hydrogens (tertiary/aromatic N) is 4. The van der Waals surface area contributed by atoms with E-state index in [0.29, 0.717) is 0 Å². The van der Waals surface area contributed by atoms with Crippen molar-refractivity contribution in [3.63, 3.8) is 0 Å². The Morgan fingerprint density at radius 2 is 1.70 bits per heavy atom. The molecule has 0 atom stereocenters. The summed E-state index contributed by atoms with van der Waals surface area (Å²) in [5.74, 6) is 1.13. The lowest BCUT2D eigenvalue weighted by atomic mass is 10.2. The predicted octanol–water partition coefficient (Wildman–Crippen LogP) is 2.68. The van der Waals surface area contributed by atoms with Crippen LogP contribution in [0.4, 0.5) is 17.5 Å². The predicted molar refractivity (Wildman–Crippen MR) is 81.0 cm³/mol. The normalized spacial score (nSPS) is 10.7. The molecule has 0 aliphatic rings. The molecular formula is C15H15N5. The number of nitrogens with two attached hydrogens (primary N) is 1. The third kappa shape index (κ3) is 2.14. The van der Waals surface area contributed by atoms with Crippen LogP contribution in [0.25, 0.3) is 11.0 Å². The lowest BCUT2D eigenvalue weighted by Gasteiger charge is -2.18. The van der Waals surface area contributed by atoms with Crippen molar-refractivity contribution in [3.8, 4) is 0 Å². The van der Waals surface area contributed by atoms with Crippen molar-refractivity contribution in [1.29, 1.82) is 0 Å². The van der Waals surface area contributed by atoms with Gasteiger partial charge in [0.2, 0.25) is 5.95 Å².